The summed E-state index contributed by atoms with van der Waals surface area (Å²) in [6.07, 6.45) is 0. The summed E-state index contributed by atoms with van der Waals surface area (Å²) >= 11 is 0. The first kappa shape index (κ1) is 9.60. The van der Waals surface area contributed by atoms with Gasteiger partial charge in [0.25, 0.3) is 0 Å². The third-order valence-corrected chi connectivity index (χ3v) is 2.02. The molecule has 0 spiro atoms. The maximum Gasteiger partial charge on any atom is 0.231 e. The van der Waals surface area contributed by atoms with Gasteiger partial charge < -0.3 is 15.2 Å². The monoisotopic (exact) mass is 208 g/mol. The van der Waals surface area contributed by atoms with Crippen LogP contribution in [0.15, 0.2) is 23.2 Å². The highest BCUT2D eigenvalue weighted by Gasteiger charge is 2.12. The topological polar surface area (TPSA) is 94.9 Å². The van der Waals surface area contributed by atoms with Crippen molar-refractivity contribution < 1.29 is 9.47 Å². The molecule has 0 atom stereocenters. The first-order valence-corrected chi connectivity index (χ1v) is 4.44. The van der Waals surface area contributed by atoms with E-state index in [0.29, 0.717) is 6.54 Å². The Bertz CT molecular complexity index is 392. The third-order valence-electron chi connectivity index (χ3n) is 2.02. The van der Waals surface area contributed by atoms with Crippen LogP contribution in [0.1, 0.15) is 5.56 Å². The molecule has 0 amide bonds. The number of hydrazine groups is 1. The van der Waals surface area contributed by atoms with E-state index >= 15 is 0 Å². The Balaban J connectivity index is 2.10. The molecule has 1 aliphatic heterocycles. The zero-order valence-corrected chi connectivity index (χ0v) is 8.06. The number of ether oxygens (including phenoxy) is 2. The normalized spacial score (nSPS) is 14.1. The summed E-state index contributed by atoms with van der Waals surface area (Å²) in [5, 5.41) is 0. The molecule has 0 aromatic heterocycles. The van der Waals surface area contributed by atoms with Crippen LogP contribution in [0, 0.1) is 0 Å². The van der Waals surface area contributed by atoms with Crippen LogP contribution >= 0.6 is 0 Å². The molecule has 1 aliphatic rings. The highest BCUT2D eigenvalue weighted by Crippen LogP contribution is 2.32. The van der Waals surface area contributed by atoms with Gasteiger partial charge in [0.15, 0.2) is 11.5 Å². The molecule has 0 fully saturated rings. The fourth-order valence-electron chi connectivity index (χ4n) is 1.26. The second-order valence-corrected chi connectivity index (χ2v) is 3.03. The first-order valence-electron chi connectivity index (χ1n) is 4.44. The second kappa shape index (κ2) is 4.05. The van der Waals surface area contributed by atoms with Crippen LogP contribution < -0.4 is 26.5 Å². The van der Waals surface area contributed by atoms with Gasteiger partial charge in [0.1, 0.15) is 0 Å². The quantitative estimate of drug-likeness (QED) is 0.268. The van der Waals surface area contributed by atoms with Gasteiger partial charge in [-0.3, -0.25) is 5.43 Å². The molecular weight excluding hydrogens is 196 g/mol. The highest BCUT2D eigenvalue weighted by atomic mass is 16.7. The van der Waals surface area contributed by atoms with Gasteiger partial charge in [-0.2, -0.15) is 0 Å². The molecule has 80 valence electrons. The fraction of sp³-hybridized carbons (Fsp3) is 0.222. The maximum atomic E-state index is 5.39. The molecule has 0 bridgehead atoms. The summed E-state index contributed by atoms with van der Waals surface area (Å²) in [5.74, 6) is 6.77. The van der Waals surface area contributed by atoms with Crippen LogP contribution in [0.4, 0.5) is 0 Å². The molecule has 5 N–H and O–H groups in total. The van der Waals surface area contributed by atoms with Crippen LogP contribution in [-0.4, -0.2) is 12.8 Å². The Labute approximate surface area is 86.8 Å². The van der Waals surface area contributed by atoms with E-state index in [-0.39, 0.29) is 12.8 Å². The molecule has 0 unspecified atom stereocenters. The average Bonchev–Trinajstić information content (AvgIpc) is 2.72. The van der Waals surface area contributed by atoms with E-state index in [4.69, 9.17) is 21.1 Å². The Morgan fingerprint density at radius 3 is 3.00 bits per heavy atom. The molecule has 0 aliphatic carbocycles. The van der Waals surface area contributed by atoms with Crippen molar-refractivity contribution in [2.45, 2.75) is 6.54 Å². The Kier molecular flexibility index (Phi) is 2.59. The Morgan fingerprint density at radius 1 is 1.40 bits per heavy atom. The predicted molar refractivity (Wildman–Crippen MR) is 55.2 cm³/mol. The Hall–Kier alpha value is -1.95. The minimum absolute atomic E-state index is 0.202. The first-order chi connectivity index (χ1) is 7.29. The summed E-state index contributed by atoms with van der Waals surface area (Å²) < 4.78 is 10.4. The number of hydrogen-bond acceptors (Lipinski definition) is 4. The zero-order chi connectivity index (χ0) is 10.7. The van der Waals surface area contributed by atoms with Crippen molar-refractivity contribution in [2.75, 3.05) is 6.79 Å². The lowest BCUT2D eigenvalue weighted by Gasteiger charge is -2.01. The fourth-order valence-corrected chi connectivity index (χ4v) is 1.26. The van der Waals surface area contributed by atoms with Gasteiger partial charge in [-0.15, -0.1) is 0 Å². The summed E-state index contributed by atoms with van der Waals surface area (Å²) in [7, 11) is 0. The molecule has 2 rings (SSSR count). The summed E-state index contributed by atoms with van der Waals surface area (Å²) in [6.45, 7) is 0.723. The molecular formula is C9H12N4O2. The van der Waals surface area contributed by atoms with E-state index in [1.165, 1.54) is 0 Å². The number of guanidine groups is 1. The van der Waals surface area contributed by atoms with E-state index < -0.39 is 0 Å². The molecule has 0 saturated heterocycles. The number of benzene rings is 1. The smallest absolute Gasteiger partial charge is 0.231 e. The summed E-state index contributed by atoms with van der Waals surface area (Å²) in [4.78, 5) is 4.00. The van der Waals surface area contributed by atoms with Crippen LogP contribution in [-0.2, 0) is 6.54 Å². The molecule has 6 heteroatoms. The van der Waals surface area contributed by atoms with Crippen LogP contribution in [0.25, 0.3) is 0 Å². The number of rotatable bonds is 2. The van der Waals surface area contributed by atoms with Crippen molar-refractivity contribution in [1.29, 1.82) is 0 Å². The van der Waals surface area contributed by atoms with E-state index in [9.17, 15) is 0 Å². The number of hydrogen-bond donors (Lipinski definition) is 3. The molecule has 0 radical (unpaired) electrons. The highest BCUT2D eigenvalue weighted by molar-refractivity contribution is 5.77. The lowest BCUT2D eigenvalue weighted by molar-refractivity contribution is 0.174. The number of nitrogens with one attached hydrogen (secondary N) is 1. The van der Waals surface area contributed by atoms with Crippen molar-refractivity contribution >= 4 is 5.96 Å². The average molecular weight is 208 g/mol. The molecule has 15 heavy (non-hydrogen) atoms. The van der Waals surface area contributed by atoms with E-state index in [0.717, 1.165) is 17.1 Å². The SMILES string of the molecule is NNC(N)=NCc1ccc2c(c1)OCO2. The zero-order valence-electron chi connectivity index (χ0n) is 8.06. The van der Waals surface area contributed by atoms with Crippen molar-refractivity contribution in [2.24, 2.45) is 16.6 Å². The second-order valence-electron chi connectivity index (χ2n) is 3.03. The molecule has 0 saturated carbocycles. The molecule has 1 aromatic carbocycles. The Morgan fingerprint density at radius 2 is 2.20 bits per heavy atom. The van der Waals surface area contributed by atoms with Crippen LogP contribution in [0.2, 0.25) is 0 Å². The standard InChI is InChI=1S/C9H12N4O2/c10-9(13-11)12-4-6-1-2-7-8(3-6)15-5-14-7/h1-3H,4-5,11H2,(H3,10,12,13). The minimum Gasteiger partial charge on any atom is -0.454 e. The summed E-state index contributed by atoms with van der Waals surface area (Å²) in [6, 6.07) is 5.62. The third kappa shape index (κ3) is 2.10. The largest absolute Gasteiger partial charge is 0.454 e. The maximum absolute atomic E-state index is 5.39. The van der Waals surface area contributed by atoms with Crippen molar-refractivity contribution in [1.82, 2.24) is 5.43 Å². The lowest BCUT2D eigenvalue weighted by atomic mass is 10.2. The lowest BCUT2D eigenvalue weighted by Crippen LogP contribution is -2.37. The van der Waals surface area contributed by atoms with E-state index in [1.807, 2.05) is 18.2 Å². The van der Waals surface area contributed by atoms with Crippen molar-refractivity contribution in [3.8, 4) is 11.5 Å². The molecule has 6 nitrogen and oxygen atoms in total. The number of nitrogens with zero attached hydrogens (tertiary/aromatic N) is 1. The van der Waals surface area contributed by atoms with Gasteiger partial charge in [-0.05, 0) is 17.7 Å². The van der Waals surface area contributed by atoms with Gasteiger partial charge in [-0.25, -0.2) is 10.8 Å². The van der Waals surface area contributed by atoms with Crippen LogP contribution in [0.3, 0.4) is 0 Å². The summed E-state index contributed by atoms with van der Waals surface area (Å²) in [5.41, 5.74) is 8.63. The molecule has 1 aromatic rings. The predicted octanol–water partition coefficient (Wildman–Crippen LogP) is -0.307. The van der Waals surface area contributed by atoms with Crippen molar-refractivity contribution in [3.05, 3.63) is 23.8 Å². The van der Waals surface area contributed by atoms with E-state index in [2.05, 4.69) is 10.4 Å². The molecule has 1 heterocycles. The number of aliphatic imine (C=N–C) groups is 1. The van der Waals surface area contributed by atoms with Gasteiger partial charge >= 0.3 is 0 Å². The van der Waals surface area contributed by atoms with E-state index in [1.54, 1.807) is 0 Å². The van der Waals surface area contributed by atoms with Gasteiger partial charge in [0, 0.05) is 0 Å². The van der Waals surface area contributed by atoms with Crippen molar-refractivity contribution in [3.63, 3.8) is 0 Å². The van der Waals surface area contributed by atoms with Gasteiger partial charge in [0.05, 0.1) is 6.54 Å². The number of nitrogens with two attached hydrogens (primary N) is 2. The minimum atomic E-state index is 0.202. The number of fused-ring (bicyclic) bond motifs is 1. The van der Waals surface area contributed by atoms with Crippen LogP contribution in [0.5, 0.6) is 11.5 Å². The van der Waals surface area contributed by atoms with Gasteiger partial charge in [0.2, 0.25) is 12.8 Å². The van der Waals surface area contributed by atoms with Gasteiger partial charge in [-0.1, -0.05) is 6.07 Å².